The number of methoxy groups -OCH3 is 2. The number of benzene rings is 1. The largest absolute Gasteiger partial charge is 0.493 e. The highest BCUT2D eigenvalue weighted by Crippen LogP contribution is 2.37. The Hall–Kier alpha value is -2.64. The number of anilines is 1. The number of aromatic nitrogens is 1. The van der Waals surface area contributed by atoms with Crippen molar-refractivity contribution in [2.24, 2.45) is 0 Å². The van der Waals surface area contributed by atoms with Crippen molar-refractivity contribution in [3.8, 4) is 11.5 Å². The lowest BCUT2D eigenvalue weighted by Gasteiger charge is -2.24. The number of pyridine rings is 1. The van der Waals surface area contributed by atoms with Crippen LogP contribution in [0.1, 0.15) is 26.5 Å². The van der Waals surface area contributed by atoms with Gasteiger partial charge in [-0.2, -0.15) is 0 Å². The van der Waals surface area contributed by atoms with E-state index in [-0.39, 0.29) is 5.78 Å². The molecule has 3 heterocycles. The van der Waals surface area contributed by atoms with Crippen LogP contribution in [0.25, 0.3) is 10.2 Å². The van der Waals surface area contributed by atoms with Crippen LogP contribution < -0.4 is 15.2 Å². The Labute approximate surface area is 161 Å². The standard InChI is InChI=1S/C20H21N3O3S/c1-23-7-6-14-12(10-23)8-13-17(21)19(27-20(13)22-14)18(24)11-4-5-15(25-2)16(9-11)26-3/h4-5,8-9H,6-7,10,21H2,1-3H3. The van der Waals surface area contributed by atoms with Gasteiger partial charge < -0.3 is 20.1 Å². The second-order valence-corrected chi connectivity index (χ2v) is 7.68. The van der Waals surface area contributed by atoms with Crippen molar-refractivity contribution >= 4 is 33.0 Å². The molecule has 0 amide bonds. The predicted molar refractivity (Wildman–Crippen MR) is 107 cm³/mol. The monoisotopic (exact) mass is 383 g/mol. The molecule has 1 aromatic carbocycles. The lowest BCUT2D eigenvalue weighted by molar-refractivity contribution is 0.104. The van der Waals surface area contributed by atoms with Crippen molar-refractivity contribution in [3.63, 3.8) is 0 Å². The maximum Gasteiger partial charge on any atom is 0.205 e. The van der Waals surface area contributed by atoms with E-state index in [1.54, 1.807) is 32.4 Å². The van der Waals surface area contributed by atoms with E-state index in [1.165, 1.54) is 16.9 Å². The van der Waals surface area contributed by atoms with Crippen LogP contribution in [0.4, 0.5) is 5.69 Å². The summed E-state index contributed by atoms with van der Waals surface area (Å²) in [5.41, 5.74) is 9.65. The van der Waals surface area contributed by atoms with Gasteiger partial charge in [-0.05, 0) is 36.9 Å². The van der Waals surface area contributed by atoms with Gasteiger partial charge in [0.1, 0.15) is 9.71 Å². The summed E-state index contributed by atoms with van der Waals surface area (Å²) in [5.74, 6) is 0.961. The minimum atomic E-state index is -0.133. The van der Waals surface area contributed by atoms with Crippen LogP contribution in [0.5, 0.6) is 11.5 Å². The molecule has 4 rings (SSSR count). The van der Waals surface area contributed by atoms with Gasteiger partial charge in [0.2, 0.25) is 5.78 Å². The van der Waals surface area contributed by atoms with Crippen molar-refractivity contribution in [1.82, 2.24) is 9.88 Å². The van der Waals surface area contributed by atoms with E-state index in [0.29, 0.717) is 27.6 Å². The molecular formula is C20H21N3O3S. The molecule has 27 heavy (non-hydrogen) atoms. The first-order valence-corrected chi connectivity index (χ1v) is 9.49. The van der Waals surface area contributed by atoms with Gasteiger partial charge in [0.15, 0.2) is 11.5 Å². The van der Waals surface area contributed by atoms with Gasteiger partial charge in [-0.3, -0.25) is 4.79 Å². The highest BCUT2D eigenvalue weighted by molar-refractivity contribution is 7.21. The summed E-state index contributed by atoms with van der Waals surface area (Å²) in [5, 5.41) is 0.859. The Bertz CT molecular complexity index is 1040. The molecule has 0 atom stereocenters. The van der Waals surface area contributed by atoms with E-state index in [1.807, 2.05) is 0 Å². The molecule has 0 unspecified atom stereocenters. The molecule has 2 N–H and O–H groups in total. The molecule has 0 spiro atoms. The van der Waals surface area contributed by atoms with E-state index in [2.05, 4.69) is 18.0 Å². The predicted octanol–water partition coefficient (Wildman–Crippen LogP) is 3.11. The van der Waals surface area contributed by atoms with E-state index < -0.39 is 0 Å². The number of carbonyl (C=O) groups excluding carboxylic acids is 1. The normalized spacial score (nSPS) is 14.2. The number of nitrogens with zero attached hydrogens (tertiary/aromatic N) is 2. The maximum atomic E-state index is 13.1. The Morgan fingerprint density at radius 1 is 1.22 bits per heavy atom. The Balaban J connectivity index is 1.77. The topological polar surface area (TPSA) is 77.7 Å². The molecule has 0 aliphatic carbocycles. The molecule has 0 saturated carbocycles. The molecule has 140 valence electrons. The van der Waals surface area contributed by atoms with Crippen LogP contribution in [0.15, 0.2) is 24.3 Å². The fraction of sp³-hybridized carbons (Fsp3) is 0.300. The molecule has 0 saturated heterocycles. The number of hydrogen-bond acceptors (Lipinski definition) is 7. The summed E-state index contributed by atoms with van der Waals surface area (Å²) in [6.07, 6.45) is 0.915. The van der Waals surface area contributed by atoms with E-state index in [4.69, 9.17) is 20.2 Å². The van der Waals surface area contributed by atoms with Crippen molar-refractivity contribution in [3.05, 3.63) is 46.0 Å². The number of likely N-dealkylation sites (N-methyl/N-ethyl adjacent to an activating group) is 1. The minimum absolute atomic E-state index is 0.133. The fourth-order valence-corrected chi connectivity index (χ4v) is 4.47. The quantitative estimate of drug-likeness (QED) is 0.698. The van der Waals surface area contributed by atoms with Crippen LogP contribution in [-0.4, -0.2) is 43.5 Å². The second kappa shape index (κ2) is 6.83. The summed E-state index contributed by atoms with van der Waals surface area (Å²) in [7, 11) is 5.20. The summed E-state index contributed by atoms with van der Waals surface area (Å²) >= 11 is 1.35. The minimum Gasteiger partial charge on any atom is -0.493 e. The molecule has 0 radical (unpaired) electrons. The van der Waals surface area contributed by atoms with Crippen molar-refractivity contribution < 1.29 is 14.3 Å². The van der Waals surface area contributed by atoms with Gasteiger partial charge in [0.05, 0.1) is 19.9 Å². The van der Waals surface area contributed by atoms with Crippen LogP contribution in [0.2, 0.25) is 0 Å². The lowest BCUT2D eigenvalue weighted by Crippen LogP contribution is -2.27. The molecule has 0 bridgehead atoms. The number of nitrogens with two attached hydrogens (primary N) is 1. The summed E-state index contributed by atoms with van der Waals surface area (Å²) in [4.78, 5) is 21.5. The van der Waals surface area contributed by atoms with E-state index in [9.17, 15) is 4.79 Å². The van der Waals surface area contributed by atoms with Crippen molar-refractivity contribution in [2.75, 3.05) is 33.5 Å². The zero-order valence-electron chi connectivity index (χ0n) is 15.5. The lowest BCUT2D eigenvalue weighted by atomic mass is 10.0. The number of nitrogen functional groups attached to an aromatic ring is 1. The number of ketones is 1. The van der Waals surface area contributed by atoms with Crippen LogP contribution >= 0.6 is 11.3 Å². The molecule has 7 heteroatoms. The summed E-state index contributed by atoms with van der Waals surface area (Å²) in [6.45, 7) is 1.84. The van der Waals surface area contributed by atoms with Gasteiger partial charge in [-0.1, -0.05) is 0 Å². The van der Waals surface area contributed by atoms with E-state index in [0.717, 1.165) is 35.4 Å². The SMILES string of the molecule is COc1ccc(C(=O)c2sc3nc4c(cc3c2N)CN(C)CC4)cc1OC. The van der Waals surface area contributed by atoms with Crippen LogP contribution in [-0.2, 0) is 13.0 Å². The smallest absolute Gasteiger partial charge is 0.205 e. The maximum absolute atomic E-state index is 13.1. The first-order chi connectivity index (χ1) is 13.0. The van der Waals surface area contributed by atoms with Crippen LogP contribution in [0.3, 0.4) is 0 Å². The summed E-state index contributed by atoms with van der Waals surface area (Å²) in [6, 6.07) is 7.21. The first-order valence-electron chi connectivity index (χ1n) is 8.68. The molecule has 0 fully saturated rings. The highest BCUT2D eigenvalue weighted by Gasteiger charge is 2.23. The van der Waals surface area contributed by atoms with Crippen molar-refractivity contribution in [1.29, 1.82) is 0 Å². The third kappa shape index (κ3) is 3.02. The van der Waals surface area contributed by atoms with Gasteiger partial charge in [0.25, 0.3) is 0 Å². The number of ether oxygens (including phenoxy) is 2. The zero-order valence-corrected chi connectivity index (χ0v) is 16.4. The number of rotatable bonds is 4. The zero-order chi connectivity index (χ0) is 19.1. The molecule has 3 aromatic rings. The second-order valence-electron chi connectivity index (χ2n) is 6.68. The third-order valence-corrected chi connectivity index (χ3v) is 6.03. The van der Waals surface area contributed by atoms with Gasteiger partial charge in [-0.25, -0.2) is 4.98 Å². The first kappa shape index (κ1) is 17.8. The third-order valence-electron chi connectivity index (χ3n) is 4.91. The molecular weight excluding hydrogens is 362 g/mol. The van der Waals surface area contributed by atoms with Gasteiger partial charge >= 0.3 is 0 Å². The van der Waals surface area contributed by atoms with Gasteiger partial charge in [-0.15, -0.1) is 11.3 Å². The number of hydrogen-bond donors (Lipinski definition) is 1. The summed E-state index contributed by atoms with van der Waals surface area (Å²) < 4.78 is 10.5. The number of fused-ring (bicyclic) bond motifs is 2. The Kier molecular flexibility index (Phi) is 4.49. The number of thiophene rings is 1. The highest BCUT2D eigenvalue weighted by atomic mass is 32.1. The van der Waals surface area contributed by atoms with Crippen LogP contribution in [0, 0.1) is 0 Å². The molecule has 1 aliphatic rings. The fourth-order valence-electron chi connectivity index (χ4n) is 3.42. The molecule has 6 nitrogen and oxygen atoms in total. The average Bonchev–Trinajstić information content (AvgIpc) is 3.00. The Morgan fingerprint density at radius 2 is 2.00 bits per heavy atom. The molecule has 2 aromatic heterocycles. The van der Waals surface area contributed by atoms with Gasteiger partial charge in [0, 0.05) is 36.2 Å². The average molecular weight is 383 g/mol. The van der Waals surface area contributed by atoms with E-state index >= 15 is 0 Å². The molecule has 1 aliphatic heterocycles. The Morgan fingerprint density at radius 3 is 2.74 bits per heavy atom. The van der Waals surface area contributed by atoms with Crippen molar-refractivity contribution in [2.45, 2.75) is 13.0 Å². The number of carbonyl (C=O) groups is 1.